The number of rotatable bonds is 10. The second-order valence-corrected chi connectivity index (χ2v) is 8.98. The Kier molecular flexibility index (Phi) is 10.5. The Bertz CT molecular complexity index is 986. The van der Waals surface area contributed by atoms with Gasteiger partial charge in [0.25, 0.3) is 0 Å². The molecule has 0 bridgehead atoms. The molecular formula is C25H28N2NaO4S. The second-order valence-electron chi connectivity index (χ2n) is 7.94. The van der Waals surface area contributed by atoms with Crippen LogP contribution in [0.2, 0.25) is 0 Å². The molecule has 5 atom stereocenters. The minimum atomic E-state index is -1.13. The van der Waals surface area contributed by atoms with Crippen molar-refractivity contribution in [2.24, 2.45) is 11.7 Å². The smallest absolute Gasteiger partial charge is 0.320 e. The zero-order valence-corrected chi connectivity index (χ0v) is 21.7. The van der Waals surface area contributed by atoms with Gasteiger partial charge in [0.1, 0.15) is 6.04 Å². The quantitative estimate of drug-likeness (QED) is 0.453. The fourth-order valence-electron chi connectivity index (χ4n) is 4.23. The van der Waals surface area contributed by atoms with Crippen LogP contribution in [0.15, 0.2) is 79.2 Å². The van der Waals surface area contributed by atoms with Crippen molar-refractivity contribution in [2.75, 3.05) is 6.26 Å². The molecule has 1 heterocycles. The molecule has 8 heteroatoms. The molecule has 169 valence electrons. The minimum Gasteiger partial charge on any atom is -0.480 e. The van der Waals surface area contributed by atoms with Crippen LogP contribution in [0.1, 0.15) is 30.1 Å². The van der Waals surface area contributed by atoms with Crippen LogP contribution in [-0.2, 0) is 15.0 Å². The maximum absolute atomic E-state index is 13.7. The van der Waals surface area contributed by atoms with Crippen LogP contribution in [-0.4, -0.2) is 74.1 Å². The number of hydrogen-bond acceptors (Lipinski definition) is 6. The van der Waals surface area contributed by atoms with Gasteiger partial charge in [-0.15, -0.1) is 0 Å². The van der Waals surface area contributed by atoms with Gasteiger partial charge in [-0.1, -0.05) is 60.7 Å². The van der Waals surface area contributed by atoms with Crippen LogP contribution in [0.5, 0.6) is 0 Å². The number of carbonyl (C=O) groups is 2. The molecular weight excluding hydrogens is 447 g/mol. The molecule has 4 N–H and O–H groups in total. The minimum absolute atomic E-state index is 0. The molecule has 0 aliphatic heterocycles. The number of Topliss-reactive ketones (excluding diaryl/α,β-unsaturated/α-hetero) is 1. The number of thioether (sulfide) groups is 1. The number of aliphatic hydroxyl groups excluding tert-OH is 1. The van der Waals surface area contributed by atoms with Crippen molar-refractivity contribution in [3.63, 3.8) is 0 Å². The Morgan fingerprint density at radius 1 is 1.18 bits per heavy atom. The van der Waals surface area contributed by atoms with Gasteiger partial charge in [0.15, 0.2) is 5.78 Å². The van der Waals surface area contributed by atoms with Crippen molar-refractivity contribution in [2.45, 2.75) is 35.7 Å². The molecule has 4 unspecified atom stereocenters. The summed E-state index contributed by atoms with van der Waals surface area (Å²) in [5.41, 5.74) is 6.53. The number of aliphatic carboxylic acids is 1. The molecule has 1 aromatic carbocycles. The van der Waals surface area contributed by atoms with Crippen molar-refractivity contribution in [3.8, 4) is 0 Å². The van der Waals surface area contributed by atoms with E-state index < -0.39 is 34.7 Å². The van der Waals surface area contributed by atoms with Gasteiger partial charge in [-0.05, 0) is 36.3 Å². The molecule has 1 aliphatic rings. The number of carbonyl (C=O) groups excluding carboxylic acids is 1. The fraction of sp³-hybridized carbons (Fsp3) is 0.320. The van der Waals surface area contributed by atoms with Gasteiger partial charge in [0.2, 0.25) is 0 Å². The van der Waals surface area contributed by atoms with Gasteiger partial charge in [-0.2, -0.15) is 11.8 Å². The number of aromatic nitrogens is 1. The SMILES string of the molecule is CSC(C[C@H](N)C(=O)O)C(=O)C1C=CC=CC1(CC(O)c1cccnc1)c1ccccc1.[Na]. The van der Waals surface area contributed by atoms with E-state index in [-0.39, 0.29) is 48.2 Å². The molecule has 33 heavy (non-hydrogen) atoms. The number of nitrogens with two attached hydrogens (primary N) is 1. The summed E-state index contributed by atoms with van der Waals surface area (Å²) in [7, 11) is 0. The van der Waals surface area contributed by atoms with Gasteiger partial charge < -0.3 is 15.9 Å². The van der Waals surface area contributed by atoms with E-state index in [1.54, 1.807) is 24.7 Å². The Labute approximate surface area is 220 Å². The van der Waals surface area contributed by atoms with Gasteiger partial charge in [0, 0.05) is 47.4 Å². The summed E-state index contributed by atoms with van der Waals surface area (Å²) in [5, 5.41) is 19.8. The van der Waals surface area contributed by atoms with Crippen LogP contribution in [0.25, 0.3) is 0 Å². The van der Waals surface area contributed by atoms with Crippen molar-refractivity contribution < 1.29 is 19.8 Å². The topological polar surface area (TPSA) is 114 Å². The Morgan fingerprint density at radius 2 is 1.91 bits per heavy atom. The van der Waals surface area contributed by atoms with Crippen molar-refractivity contribution in [3.05, 3.63) is 90.3 Å². The molecule has 1 radical (unpaired) electrons. The fourth-order valence-corrected chi connectivity index (χ4v) is 5.01. The van der Waals surface area contributed by atoms with E-state index in [1.165, 1.54) is 11.8 Å². The number of aliphatic hydroxyl groups is 1. The number of ketones is 1. The Balaban J connectivity index is 0.00000385. The predicted octanol–water partition coefficient (Wildman–Crippen LogP) is 2.91. The summed E-state index contributed by atoms with van der Waals surface area (Å²) in [4.78, 5) is 29.1. The van der Waals surface area contributed by atoms with Crippen molar-refractivity contribution in [1.82, 2.24) is 4.98 Å². The van der Waals surface area contributed by atoms with E-state index in [1.807, 2.05) is 60.7 Å². The van der Waals surface area contributed by atoms with E-state index in [9.17, 15) is 19.8 Å². The standard InChI is InChI=1S/C25H28N2O4S.Na/c1-32-22(14-20(26)24(30)31)23(29)19-11-5-6-12-25(19,18-9-3-2-4-10-18)15-21(28)17-8-7-13-27-16-17;/h2-13,16,19-22,28H,14-15,26H2,1H3,(H,30,31);/t19?,20-,21?,22?,25?;/m0./s1. The summed E-state index contributed by atoms with van der Waals surface area (Å²) >= 11 is 1.31. The molecule has 1 aliphatic carbocycles. The van der Waals surface area contributed by atoms with E-state index in [2.05, 4.69) is 4.98 Å². The summed E-state index contributed by atoms with van der Waals surface area (Å²) in [6.07, 6.45) is 12.1. The molecule has 3 rings (SSSR count). The summed E-state index contributed by atoms with van der Waals surface area (Å²) in [5.74, 6) is -1.81. The number of allylic oxidation sites excluding steroid dienone is 4. The second kappa shape index (κ2) is 12.6. The number of hydrogen-bond donors (Lipinski definition) is 3. The van der Waals surface area contributed by atoms with Crippen LogP contribution in [0.3, 0.4) is 0 Å². The molecule has 0 saturated heterocycles. The van der Waals surface area contributed by atoms with Gasteiger partial charge in [-0.25, -0.2) is 0 Å². The zero-order valence-electron chi connectivity index (χ0n) is 18.9. The van der Waals surface area contributed by atoms with Gasteiger partial charge in [-0.3, -0.25) is 14.6 Å². The van der Waals surface area contributed by atoms with Crippen molar-refractivity contribution in [1.29, 1.82) is 0 Å². The number of carboxylic acid groups (broad SMARTS) is 1. The molecule has 2 aromatic rings. The molecule has 0 saturated carbocycles. The molecule has 0 spiro atoms. The van der Waals surface area contributed by atoms with Crippen LogP contribution >= 0.6 is 11.8 Å². The maximum Gasteiger partial charge on any atom is 0.320 e. The predicted molar refractivity (Wildman–Crippen MR) is 132 cm³/mol. The van der Waals surface area contributed by atoms with E-state index in [0.29, 0.717) is 5.56 Å². The Hall–Kier alpha value is -1.74. The third kappa shape index (κ3) is 6.44. The number of nitrogens with zero attached hydrogens (tertiary/aromatic N) is 1. The first-order valence-corrected chi connectivity index (χ1v) is 11.7. The summed E-state index contributed by atoms with van der Waals surface area (Å²) in [6.45, 7) is 0. The summed E-state index contributed by atoms with van der Waals surface area (Å²) in [6, 6.07) is 12.1. The number of pyridine rings is 1. The normalized spacial score (nSPS) is 22.1. The van der Waals surface area contributed by atoms with Crippen LogP contribution < -0.4 is 5.73 Å². The molecule has 0 amide bonds. The first-order chi connectivity index (χ1) is 15.4. The Morgan fingerprint density at radius 3 is 2.52 bits per heavy atom. The molecule has 1 aromatic heterocycles. The maximum atomic E-state index is 13.7. The van der Waals surface area contributed by atoms with Crippen LogP contribution in [0.4, 0.5) is 0 Å². The third-order valence-electron chi connectivity index (χ3n) is 5.97. The monoisotopic (exact) mass is 475 g/mol. The molecule has 6 nitrogen and oxygen atoms in total. The first kappa shape index (κ1) is 27.5. The average Bonchev–Trinajstić information content (AvgIpc) is 2.83. The van der Waals surface area contributed by atoms with Crippen LogP contribution in [0, 0.1) is 5.92 Å². The van der Waals surface area contributed by atoms with Gasteiger partial charge >= 0.3 is 5.97 Å². The zero-order chi connectivity index (χ0) is 23.1. The third-order valence-corrected chi connectivity index (χ3v) is 6.96. The van der Waals surface area contributed by atoms with E-state index in [0.717, 1.165) is 5.56 Å². The van der Waals surface area contributed by atoms with Crippen molar-refractivity contribution >= 4 is 53.1 Å². The first-order valence-electron chi connectivity index (χ1n) is 10.4. The number of benzene rings is 1. The van der Waals surface area contributed by atoms with E-state index in [4.69, 9.17) is 5.73 Å². The van der Waals surface area contributed by atoms with E-state index >= 15 is 0 Å². The average molecular weight is 476 g/mol. The number of carboxylic acids is 1. The molecule has 0 fully saturated rings. The largest absolute Gasteiger partial charge is 0.480 e. The summed E-state index contributed by atoms with van der Waals surface area (Å²) < 4.78 is 0. The van der Waals surface area contributed by atoms with Gasteiger partial charge in [0.05, 0.1) is 17.3 Å².